The smallest absolute Gasteiger partial charge is 0.336 e. The molecule has 0 atom stereocenters. The molecule has 1 aliphatic rings. The first-order valence-electron chi connectivity index (χ1n) is 5.94. The van der Waals surface area contributed by atoms with Gasteiger partial charge < -0.3 is 15.3 Å². The van der Waals surface area contributed by atoms with Crippen molar-refractivity contribution in [2.45, 2.75) is 0 Å². The molecule has 0 fully saturated rings. The second-order valence-corrected chi connectivity index (χ2v) is 4.55. The Kier molecular flexibility index (Phi) is 2.56. The Bertz CT molecular complexity index is 834. The zero-order valence-corrected chi connectivity index (χ0v) is 10.5. The van der Waals surface area contributed by atoms with Gasteiger partial charge in [0.05, 0.1) is 16.7 Å². The van der Waals surface area contributed by atoms with Crippen LogP contribution in [0.15, 0.2) is 30.3 Å². The van der Waals surface area contributed by atoms with Gasteiger partial charge in [-0.2, -0.15) is 0 Å². The van der Waals surface area contributed by atoms with Crippen molar-refractivity contribution in [3.05, 3.63) is 58.1 Å². The fraction of sp³-hybridized carbons (Fsp3) is 0. The number of aromatic carboxylic acids is 1. The van der Waals surface area contributed by atoms with Gasteiger partial charge in [-0.05, 0) is 18.2 Å². The number of carboxylic acids is 1. The Labute approximate surface area is 117 Å². The second kappa shape index (κ2) is 4.17. The quantitative estimate of drug-likeness (QED) is 0.585. The van der Waals surface area contributed by atoms with E-state index in [1.54, 1.807) is 0 Å². The minimum Gasteiger partial charge on any atom is -0.507 e. The molecule has 0 unspecified atom stereocenters. The number of fused-ring (bicyclic) bond motifs is 2. The summed E-state index contributed by atoms with van der Waals surface area (Å²) in [6.07, 6.45) is 0. The van der Waals surface area contributed by atoms with Crippen LogP contribution in [-0.4, -0.2) is 32.9 Å². The van der Waals surface area contributed by atoms with Crippen LogP contribution in [0.1, 0.15) is 42.2 Å². The highest BCUT2D eigenvalue weighted by Crippen LogP contribution is 2.38. The van der Waals surface area contributed by atoms with Gasteiger partial charge in [-0.3, -0.25) is 9.59 Å². The van der Waals surface area contributed by atoms with Crippen LogP contribution in [0.25, 0.3) is 0 Å². The van der Waals surface area contributed by atoms with Gasteiger partial charge >= 0.3 is 5.97 Å². The Balaban J connectivity index is 2.42. The third-order valence-electron chi connectivity index (χ3n) is 3.38. The predicted octanol–water partition coefficient (Wildman–Crippen LogP) is 1.57. The average Bonchev–Trinajstić information content (AvgIpc) is 2.46. The van der Waals surface area contributed by atoms with Crippen molar-refractivity contribution in [2.75, 3.05) is 0 Å². The molecular formula is C15H8O6. The SMILES string of the molecule is O=C(O)c1cccc2c1C(=O)c1c(O)ccc(O)c1C2=O. The largest absolute Gasteiger partial charge is 0.507 e. The van der Waals surface area contributed by atoms with Gasteiger partial charge in [0.2, 0.25) is 0 Å². The monoisotopic (exact) mass is 284 g/mol. The van der Waals surface area contributed by atoms with E-state index >= 15 is 0 Å². The molecule has 21 heavy (non-hydrogen) atoms. The predicted molar refractivity (Wildman–Crippen MR) is 70.0 cm³/mol. The van der Waals surface area contributed by atoms with Crippen molar-refractivity contribution in [1.29, 1.82) is 0 Å². The summed E-state index contributed by atoms with van der Waals surface area (Å²) in [6.45, 7) is 0. The summed E-state index contributed by atoms with van der Waals surface area (Å²) in [7, 11) is 0. The van der Waals surface area contributed by atoms with E-state index in [2.05, 4.69) is 0 Å². The second-order valence-electron chi connectivity index (χ2n) is 4.55. The van der Waals surface area contributed by atoms with Crippen LogP contribution in [0.2, 0.25) is 0 Å². The zero-order chi connectivity index (χ0) is 15.3. The lowest BCUT2D eigenvalue weighted by Crippen LogP contribution is -2.24. The fourth-order valence-corrected chi connectivity index (χ4v) is 2.46. The van der Waals surface area contributed by atoms with E-state index in [9.17, 15) is 24.6 Å². The number of hydrogen-bond donors (Lipinski definition) is 3. The molecule has 6 nitrogen and oxygen atoms in total. The number of phenolic OH excluding ortho intramolecular Hbond substituents is 2. The number of phenols is 2. The standard InChI is InChI=1S/C15H8O6/c16-8-4-5-9(17)12-11(8)13(18)6-2-1-3-7(15(20)21)10(6)14(12)19/h1-5,16-17H,(H,20,21). The lowest BCUT2D eigenvalue weighted by molar-refractivity contribution is 0.0692. The lowest BCUT2D eigenvalue weighted by atomic mass is 9.81. The van der Waals surface area contributed by atoms with Crippen molar-refractivity contribution in [3.8, 4) is 11.5 Å². The van der Waals surface area contributed by atoms with E-state index in [0.29, 0.717) is 0 Å². The van der Waals surface area contributed by atoms with Crippen molar-refractivity contribution >= 4 is 17.5 Å². The topological polar surface area (TPSA) is 112 Å². The highest BCUT2D eigenvalue weighted by Gasteiger charge is 2.36. The molecule has 0 spiro atoms. The van der Waals surface area contributed by atoms with Crippen LogP contribution in [0.4, 0.5) is 0 Å². The van der Waals surface area contributed by atoms with Gasteiger partial charge in [-0.15, -0.1) is 0 Å². The Morgan fingerprint density at radius 2 is 1.38 bits per heavy atom. The van der Waals surface area contributed by atoms with Crippen LogP contribution < -0.4 is 0 Å². The molecule has 1 aliphatic carbocycles. The molecule has 3 N–H and O–H groups in total. The first-order chi connectivity index (χ1) is 9.93. The number of hydrogen-bond acceptors (Lipinski definition) is 5. The van der Waals surface area contributed by atoms with E-state index in [4.69, 9.17) is 5.11 Å². The third-order valence-corrected chi connectivity index (χ3v) is 3.38. The van der Waals surface area contributed by atoms with Crippen molar-refractivity contribution < 1.29 is 29.7 Å². The van der Waals surface area contributed by atoms with Gasteiger partial charge in [0.15, 0.2) is 11.6 Å². The molecule has 0 bridgehead atoms. The number of carbonyl (C=O) groups is 3. The highest BCUT2D eigenvalue weighted by molar-refractivity contribution is 6.32. The van der Waals surface area contributed by atoms with Crippen molar-refractivity contribution in [2.24, 2.45) is 0 Å². The van der Waals surface area contributed by atoms with E-state index in [-0.39, 0.29) is 27.8 Å². The van der Waals surface area contributed by atoms with Crippen LogP contribution in [-0.2, 0) is 0 Å². The molecular weight excluding hydrogens is 276 g/mol. The maximum atomic E-state index is 12.5. The van der Waals surface area contributed by atoms with Crippen LogP contribution in [0.5, 0.6) is 11.5 Å². The number of ketones is 2. The minimum absolute atomic E-state index is 0.103. The zero-order valence-electron chi connectivity index (χ0n) is 10.5. The van der Waals surface area contributed by atoms with Crippen molar-refractivity contribution in [1.82, 2.24) is 0 Å². The molecule has 0 amide bonds. The average molecular weight is 284 g/mol. The number of aromatic hydroxyl groups is 2. The maximum absolute atomic E-state index is 12.5. The van der Waals surface area contributed by atoms with Gasteiger partial charge in [-0.1, -0.05) is 12.1 Å². The summed E-state index contributed by atoms with van der Waals surface area (Å²) >= 11 is 0. The third kappa shape index (κ3) is 1.62. The number of benzene rings is 2. The maximum Gasteiger partial charge on any atom is 0.336 e. The fourth-order valence-electron chi connectivity index (χ4n) is 2.46. The molecule has 0 aromatic heterocycles. The molecule has 0 aliphatic heterocycles. The molecule has 0 heterocycles. The van der Waals surface area contributed by atoms with Gasteiger partial charge in [0.1, 0.15) is 11.5 Å². The van der Waals surface area contributed by atoms with Gasteiger partial charge in [-0.25, -0.2) is 4.79 Å². The number of rotatable bonds is 1. The Morgan fingerprint density at radius 1 is 0.810 bits per heavy atom. The summed E-state index contributed by atoms with van der Waals surface area (Å²) in [5.74, 6) is -3.77. The highest BCUT2D eigenvalue weighted by atomic mass is 16.4. The first kappa shape index (κ1) is 12.9. The van der Waals surface area contributed by atoms with Crippen LogP contribution in [0.3, 0.4) is 0 Å². The normalized spacial score (nSPS) is 12.8. The summed E-state index contributed by atoms with van der Waals surface area (Å²) in [4.78, 5) is 36.1. The molecule has 6 heteroatoms. The van der Waals surface area contributed by atoms with Crippen molar-refractivity contribution in [3.63, 3.8) is 0 Å². The molecule has 3 rings (SSSR count). The molecule has 2 aromatic carbocycles. The summed E-state index contributed by atoms with van der Waals surface area (Å²) < 4.78 is 0. The Hall–Kier alpha value is -3.15. The van der Waals surface area contributed by atoms with Crippen LogP contribution in [0, 0.1) is 0 Å². The molecule has 0 saturated carbocycles. The van der Waals surface area contributed by atoms with Crippen LogP contribution >= 0.6 is 0 Å². The Morgan fingerprint density at radius 3 is 1.95 bits per heavy atom. The van der Waals surface area contributed by atoms with E-state index in [1.165, 1.54) is 18.2 Å². The first-order valence-corrected chi connectivity index (χ1v) is 5.94. The summed E-state index contributed by atoms with van der Waals surface area (Å²) in [6, 6.07) is 6.04. The summed E-state index contributed by atoms with van der Waals surface area (Å²) in [5, 5.41) is 28.7. The lowest BCUT2D eigenvalue weighted by Gasteiger charge is -2.20. The van der Waals surface area contributed by atoms with E-state index < -0.39 is 29.0 Å². The minimum atomic E-state index is -1.35. The molecule has 0 radical (unpaired) electrons. The molecule has 2 aromatic rings. The van der Waals surface area contributed by atoms with Gasteiger partial charge in [0.25, 0.3) is 0 Å². The molecule has 104 valence electrons. The molecule has 0 saturated heterocycles. The number of carboxylic acid groups (broad SMARTS) is 1. The van der Waals surface area contributed by atoms with Gasteiger partial charge in [0, 0.05) is 11.1 Å². The summed E-state index contributed by atoms with van der Waals surface area (Å²) in [5.41, 5.74) is -1.38. The number of carbonyl (C=O) groups excluding carboxylic acids is 2. The van der Waals surface area contributed by atoms with E-state index in [0.717, 1.165) is 12.1 Å². The van der Waals surface area contributed by atoms with E-state index in [1.807, 2.05) is 0 Å².